The Morgan fingerprint density at radius 2 is 2.00 bits per heavy atom. The lowest BCUT2D eigenvalue weighted by Crippen LogP contribution is -2.33. The van der Waals surface area contributed by atoms with Crippen LogP contribution < -0.4 is 20.7 Å². The lowest BCUT2D eigenvalue weighted by molar-refractivity contribution is 0.332. The highest BCUT2D eigenvalue weighted by atomic mass is 16.5. The van der Waals surface area contributed by atoms with E-state index < -0.39 is 0 Å². The van der Waals surface area contributed by atoms with Gasteiger partial charge in [0.2, 0.25) is 0 Å². The Hall–Kier alpha value is -1.26. The van der Waals surface area contributed by atoms with Crippen molar-refractivity contribution in [1.82, 2.24) is 5.43 Å². The normalized spacial score (nSPS) is 18.2. The zero-order valence-electron chi connectivity index (χ0n) is 11.3. The van der Waals surface area contributed by atoms with Crippen molar-refractivity contribution >= 4 is 0 Å². The third-order valence-corrected chi connectivity index (χ3v) is 3.84. The minimum absolute atomic E-state index is 0.0996. The number of ether oxygens (including phenoxy) is 2. The summed E-state index contributed by atoms with van der Waals surface area (Å²) < 4.78 is 10.7. The number of benzene rings is 1. The lowest BCUT2D eigenvalue weighted by atomic mass is 9.90. The molecule has 0 aliphatic heterocycles. The van der Waals surface area contributed by atoms with Crippen LogP contribution in [-0.4, -0.2) is 14.2 Å². The molecule has 2 rings (SSSR count). The van der Waals surface area contributed by atoms with Gasteiger partial charge >= 0.3 is 0 Å². The van der Waals surface area contributed by atoms with E-state index in [-0.39, 0.29) is 6.04 Å². The Balaban J connectivity index is 2.32. The molecule has 18 heavy (non-hydrogen) atoms. The van der Waals surface area contributed by atoms with Crippen LogP contribution in [0.4, 0.5) is 0 Å². The molecule has 0 amide bonds. The highest BCUT2D eigenvalue weighted by Gasteiger charge is 2.34. The van der Waals surface area contributed by atoms with Crippen molar-refractivity contribution in [2.24, 2.45) is 17.7 Å². The fourth-order valence-electron chi connectivity index (χ4n) is 2.50. The van der Waals surface area contributed by atoms with Gasteiger partial charge in [0.25, 0.3) is 0 Å². The molecule has 1 aromatic carbocycles. The van der Waals surface area contributed by atoms with Crippen molar-refractivity contribution in [3.8, 4) is 11.5 Å². The van der Waals surface area contributed by atoms with Crippen molar-refractivity contribution in [2.45, 2.75) is 25.8 Å². The van der Waals surface area contributed by atoms with E-state index in [1.54, 1.807) is 14.2 Å². The maximum atomic E-state index is 5.74. The van der Waals surface area contributed by atoms with E-state index in [2.05, 4.69) is 12.3 Å². The zero-order valence-corrected chi connectivity index (χ0v) is 11.3. The molecule has 0 heterocycles. The number of methoxy groups -OCH3 is 2. The van der Waals surface area contributed by atoms with E-state index in [4.69, 9.17) is 15.3 Å². The van der Waals surface area contributed by atoms with Crippen molar-refractivity contribution in [3.63, 3.8) is 0 Å². The topological polar surface area (TPSA) is 56.5 Å². The van der Waals surface area contributed by atoms with Crippen LogP contribution in [0, 0.1) is 11.8 Å². The molecule has 1 fully saturated rings. The first-order valence-corrected chi connectivity index (χ1v) is 6.39. The van der Waals surface area contributed by atoms with Crippen LogP contribution in [0.5, 0.6) is 11.5 Å². The SMILES string of the molecule is COc1ccc(OC)c(C(NN)C(C)C2CC2)c1. The predicted molar refractivity (Wildman–Crippen MR) is 71.5 cm³/mol. The summed E-state index contributed by atoms with van der Waals surface area (Å²) in [5.41, 5.74) is 4.00. The van der Waals surface area contributed by atoms with Gasteiger partial charge in [0.1, 0.15) is 11.5 Å². The molecule has 0 bridgehead atoms. The largest absolute Gasteiger partial charge is 0.497 e. The van der Waals surface area contributed by atoms with Crippen molar-refractivity contribution < 1.29 is 9.47 Å². The Morgan fingerprint density at radius 1 is 1.28 bits per heavy atom. The van der Waals surface area contributed by atoms with Gasteiger partial charge in [-0.3, -0.25) is 11.3 Å². The van der Waals surface area contributed by atoms with Crippen LogP contribution in [0.15, 0.2) is 18.2 Å². The van der Waals surface area contributed by atoms with Gasteiger partial charge in [-0.15, -0.1) is 0 Å². The van der Waals surface area contributed by atoms with Crippen LogP contribution in [0.3, 0.4) is 0 Å². The summed E-state index contributed by atoms with van der Waals surface area (Å²) in [5.74, 6) is 8.68. The summed E-state index contributed by atoms with van der Waals surface area (Å²) in [6.45, 7) is 2.24. The van der Waals surface area contributed by atoms with E-state index in [9.17, 15) is 0 Å². The molecule has 100 valence electrons. The van der Waals surface area contributed by atoms with E-state index >= 15 is 0 Å². The third-order valence-electron chi connectivity index (χ3n) is 3.84. The smallest absolute Gasteiger partial charge is 0.123 e. The first-order valence-electron chi connectivity index (χ1n) is 6.39. The molecule has 1 aliphatic rings. The molecular formula is C14H22N2O2. The lowest BCUT2D eigenvalue weighted by Gasteiger charge is -2.25. The first kappa shape index (κ1) is 13.2. The van der Waals surface area contributed by atoms with E-state index in [0.29, 0.717) is 5.92 Å². The Bertz CT molecular complexity index is 405. The van der Waals surface area contributed by atoms with Crippen molar-refractivity contribution in [3.05, 3.63) is 23.8 Å². The van der Waals surface area contributed by atoms with E-state index in [1.165, 1.54) is 12.8 Å². The average Bonchev–Trinajstić information content (AvgIpc) is 3.23. The molecule has 3 N–H and O–H groups in total. The van der Waals surface area contributed by atoms with Crippen LogP contribution in [-0.2, 0) is 0 Å². The Morgan fingerprint density at radius 3 is 2.50 bits per heavy atom. The molecule has 0 aromatic heterocycles. The summed E-state index contributed by atoms with van der Waals surface area (Å²) >= 11 is 0. The molecule has 1 aromatic rings. The van der Waals surface area contributed by atoms with Gasteiger partial charge in [-0.1, -0.05) is 6.92 Å². The second kappa shape index (κ2) is 5.59. The molecular weight excluding hydrogens is 228 g/mol. The maximum Gasteiger partial charge on any atom is 0.123 e. The molecule has 1 saturated carbocycles. The number of nitrogens with one attached hydrogen (secondary N) is 1. The van der Waals surface area contributed by atoms with Gasteiger partial charge < -0.3 is 9.47 Å². The summed E-state index contributed by atoms with van der Waals surface area (Å²) in [6, 6.07) is 5.93. The number of hydrogen-bond donors (Lipinski definition) is 2. The number of hydrogen-bond acceptors (Lipinski definition) is 4. The minimum atomic E-state index is 0.0996. The summed E-state index contributed by atoms with van der Waals surface area (Å²) in [6.07, 6.45) is 2.59. The predicted octanol–water partition coefficient (Wildman–Crippen LogP) is 2.25. The van der Waals surface area contributed by atoms with Gasteiger partial charge in [0.15, 0.2) is 0 Å². The molecule has 1 aliphatic carbocycles. The van der Waals surface area contributed by atoms with Crippen LogP contribution in [0.25, 0.3) is 0 Å². The maximum absolute atomic E-state index is 5.74. The average molecular weight is 250 g/mol. The van der Waals surface area contributed by atoms with Gasteiger partial charge in [-0.25, -0.2) is 0 Å². The highest BCUT2D eigenvalue weighted by Crippen LogP contribution is 2.44. The molecule has 2 unspecified atom stereocenters. The minimum Gasteiger partial charge on any atom is -0.497 e. The first-order chi connectivity index (χ1) is 8.71. The summed E-state index contributed by atoms with van der Waals surface area (Å²) in [4.78, 5) is 0. The standard InChI is InChI=1S/C14H22N2O2/c1-9(10-4-5-10)14(16-15)12-8-11(17-2)6-7-13(12)18-3/h6-10,14,16H,4-5,15H2,1-3H3. The van der Waals surface area contributed by atoms with E-state index in [0.717, 1.165) is 23.0 Å². The molecule has 0 radical (unpaired) electrons. The summed E-state index contributed by atoms with van der Waals surface area (Å²) in [7, 11) is 3.35. The van der Waals surface area contributed by atoms with Gasteiger partial charge in [0, 0.05) is 5.56 Å². The van der Waals surface area contributed by atoms with Gasteiger partial charge in [0.05, 0.1) is 20.3 Å². The van der Waals surface area contributed by atoms with E-state index in [1.807, 2.05) is 18.2 Å². The van der Waals surface area contributed by atoms with Crippen LogP contribution in [0.2, 0.25) is 0 Å². The fourth-order valence-corrected chi connectivity index (χ4v) is 2.50. The Labute approximate surface area is 108 Å². The van der Waals surface area contributed by atoms with Gasteiger partial charge in [-0.05, 0) is 42.9 Å². The Kier molecular flexibility index (Phi) is 4.09. The van der Waals surface area contributed by atoms with Crippen LogP contribution in [0.1, 0.15) is 31.4 Å². The summed E-state index contributed by atoms with van der Waals surface area (Å²) in [5, 5.41) is 0. The second-order valence-corrected chi connectivity index (χ2v) is 4.95. The number of nitrogens with two attached hydrogens (primary N) is 1. The number of hydrazine groups is 1. The highest BCUT2D eigenvalue weighted by molar-refractivity contribution is 5.42. The fraction of sp³-hybridized carbons (Fsp3) is 0.571. The molecule has 2 atom stereocenters. The monoisotopic (exact) mass is 250 g/mol. The number of rotatable bonds is 6. The second-order valence-electron chi connectivity index (χ2n) is 4.95. The molecule has 0 spiro atoms. The third kappa shape index (κ3) is 2.60. The molecule has 0 saturated heterocycles. The molecule has 4 nitrogen and oxygen atoms in total. The van der Waals surface area contributed by atoms with Crippen molar-refractivity contribution in [2.75, 3.05) is 14.2 Å². The van der Waals surface area contributed by atoms with Crippen LogP contribution >= 0.6 is 0 Å². The van der Waals surface area contributed by atoms with Crippen molar-refractivity contribution in [1.29, 1.82) is 0 Å². The zero-order chi connectivity index (χ0) is 13.1. The quantitative estimate of drug-likeness (QED) is 0.600. The molecule has 4 heteroatoms. The van der Waals surface area contributed by atoms with Gasteiger partial charge in [-0.2, -0.15) is 0 Å².